The minimum Gasteiger partial charge on any atom is -0.356 e. The third kappa shape index (κ3) is 4.17. The van der Waals surface area contributed by atoms with Crippen molar-refractivity contribution < 1.29 is 17.6 Å². The number of nitrogens with one attached hydrogen (secondary N) is 1. The van der Waals surface area contributed by atoms with E-state index in [1.807, 2.05) is 4.90 Å². The Balaban J connectivity index is 1.89. The first-order valence-corrected chi connectivity index (χ1v) is 9.74. The van der Waals surface area contributed by atoms with Crippen LogP contribution in [0.1, 0.15) is 29.6 Å². The largest absolute Gasteiger partial charge is 0.356 e. The monoisotopic (exact) mass is 378 g/mol. The van der Waals surface area contributed by atoms with Crippen LogP contribution in [-0.2, 0) is 10.0 Å². The van der Waals surface area contributed by atoms with E-state index in [0.29, 0.717) is 5.82 Å². The molecule has 1 amide bonds. The summed E-state index contributed by atoms with van der Waals surface area (Å²) >= 11 is 0. The highest BCUT2D eigenvalue weighted by Gasteiger charge is 2.21. The van der Waals surface area contributed by atoms with Crippen LogP contribution < -0.4 is 15.4 Å². The standard InChI is InChI=1S/C17H19FN4O3S/c18-12-9-15(16(20-11-12)22-7-2-1-3-8-22)17(23)21-13-5-4-6-14(10-13)26(19,24)25/h4-6,9-11H,1-3,7-8H2,(H,21,23)(H2,19,24,25). The summed E-state index contributed by atoms with van der Waals surface area (Å²) < 4.78 is 36.6. The summed E-state index contributed by atoms with van der Waals surface area (Å²) in [6.07, 6.45) is 4.16. The molecule has 1 aromatic carbocycles. The molecule has 0 radical (unpaired) electrons. The first-order chi connectivity index (χ1) is 12.3. The van der Waals surface area contributed by atoms with Gasteiger partial charge in [0.1, 0.15) is 11.6 Å². The van der Waals surface area contributed by atoms with E-state index in [1.165, 1.54) is 24.3 Å². The minimum absolute atomic E-state index is 0.105. The van der Waals surface area contributed by atoms with Gasteiger partial charge in [0, 0.05) is 18.8 Å². The number of halogens is 1. The first kappa shape index (κ1) is 18.3. The molecular weight excluding hydrogens is 359 g/mol. The molecule has 3 N–H and O–H groups in total. The van der Waals surface area contributed by atoms with Crippen LogP contribution in [0.15, 0.2) is 41.4 Å². The fourth-order valence-corrected chi connectivity index (χ4v) is 3.47. The third-order valence-electron chi connectivity index (χ3n) is 4.15. The van der Waals surface area contributed by atoms with Gasteiger partial charge in [0.05, 0.1) is 16.7 Å². The Morgan fingerprint density at radius 3 is 2.62 bits per heavy atom. The number of aromatic nitrogens is 1. The number of anilines is 2. The van der Waals surface area contributed by atoms with Gasteiger partial charge in [-0.15, -0.1) is 0 Å². The Morgan fingerprint density at radius 1 is 1.19 bits per heavy atom. The molecule has 2 heterocycles. The van der Waals surface area contributed by atoms with Gasteiger partial charge in [-0.3, -0.25) is 4.79 Å². The maximum Gasteiger partial charge on any atom is 0.259 e. The Morgan fingerprint density at radius 2 is 1.92 bits per heavy atom. The van der Waals surface area contributed by atoms with Crippen molar-refractivity contribution in [2.24, 2.45) is 5.14 Å². The molecule has 9 heteroatoms. The summed E-state index contributed by atoms with van der Waals surface area (Å²) in [7, 11) is -3.89. The fourth-order valence-electron chi connectivity index (χ4n) is 2.91. The number of primary sulfonamides is 1. The van der Waals surface area contributed by atoms with Crippen LogP contribution >= 0.6 is 0 Å². The Bertz CT molecular complexity index is 927. The summed E-state index contributed by atoms with van der Waals surface area (Å²) in [4.78, 5) is 18.6. The summed E-state index contributed by atoms with van der Waals surface area (Å²) in [6, 6.07) is 6.70. The molecule has 0 aliphatic carbocycles. The maximum absolute atomic E-state index is 13.7. The molecule has 3 rings (SSSR count). The molecule has 0 unspecified atom stereocenters. The van der Waals surface area contributed by atoms with Crippen LogP contribution in [0.25, 0.3) is 0 Å². The van der Waals surface area contributed by atoms with Gasteiger partial charge < -0.3 is 10.2 Å². The van der Waals surface area contributed by atoms with Gasteiger partial charge in [0.2, 0.25) is 10.0 Å². The topological polar surface area (TPSA) is 105 Å². The lowest BCUT2D eigenvalue weighted by Gasteiger charge is -2.29. The van der Waals surface area contributed by atoms with Crippen molar-refractivity contribution in [3.8, 4) is 0 Å². The van der Waals surface area contributed by atoms with E-state index in [4.69, 9.17) is 5.14 Å². The lowest BCUT2D eigenvalue weighted by atomic mass is 10.1. The van der Waals surface area contributed by atoms with E-state index >= 15 is 0 Å². The molecule has 1 saturated heterocycles. The van der Waals surface area contributed by atoms with Gasteiger partial charge in [-0.25, -0.2) is 22.9 Å². The summed E-state index contributed by atoms with van der Waals surface area (Å²) in [5, 5.41) is 7.69. The van der Waals surface area contributed by atoms with Gasteiger partial charge in [-0.05, 0) is 43.5 Å². The van der Waals surface area contributed by atoms with Crippen molar-refractivity contribution in [1.29, 1.82) is 0 Å². The number of pyridine rings is 1. The van der Waals surface area contributed by atoms with Gasteiger partial charge in [0.15, 0.2) is 0 Å². The second-order valence-electron chi connectivity index (χ2n) is 6.10. The van der Waals surface area contributed by atoms with Crippen molar-refractivity contribution >= 4 is 27.4 Å². The molecule has 1 aliphatic rings. The van der Waals surface area contributed by atoms with Crippen LogP contribution in [0.5, 0.6) is 0 Å². The molecule has 0 atom stereocenters. The zero-order chi connectivity index (χ0) is 18.7. The van der Waals surface area contributed by atoms with Crippen molar-refractivity contribution in [1.82, 2.24) is 4.98 Å². The SMILES string of the molecule is NS(=O)(=O)c1cccc(NC(=O)c2cc(F)cnc2N2CCCCC2)c1. The number of sulfonamides is 1. The van der Waals surface area contributed by atoms with E-state index in [-0.39, 0.29) is 16.1 Å². The quantitative estimate of drug-likeness (QED) is 0.848. The number of hydrogen-bond acceptors (Lipinski definition) is 5. The van der Waals surface area contributed by atoms with Gasteiger partial charge in [0.25, 0.3) is 5.91 Å². The van der Waals surface area contributed by atoms with Crippen molar-refractivity contribution in [2.45, 2.75) is 24.2 Å². The molecule has 7 nitrogen and oxygen atoms in total. The smallest absolute Gasteiger partial charge is 0.259 e. The number of carbonyl (C=O) groups excluding carboxylic acids is 1. The van der Waals surface area contributed by atoms with Crippen LogP contribution in [0.2, 0.25) is 0 Å². The predicted molar refractivity (Wildman–Crippen MR) is 96.0 cm³/mol. The number of carbonyl (C=O) groups is 1. The average Bonchev–Trinajstić information content (AvgIpc) is 2.62. The lowest BCUT2D eigenvalue weighted by Crippen LogP contribution is -2.32. The molecule has 1 aliphatic heterocycles. The zero-order valence-electron chi connectivity index (χ0n) is 14.0. The van der Waals surface area contributed by atoms with E-state index in [9.17, 15) is 17.6 Å². The van der Waals surface area contributed by atoms with Crippen LogP contribution in [0.4, 0.5) is 15.9 Å². The molecule has 1 aromatic heterocycles. The summed E-state index contributed by atoms with van der Waals surface area (Å²) in [5.41, 5.74) is 0.350. The maximum atomic E-state index is 13.7. The van der Waals surface area contributed by atoms with E-state index in [0.717, 1.165) is 44.6 Å². The molecule has 138 valence electrons. The highest BCUT2D eigenvalue weighted by Crippen LogP contribution is 2.24. The van der Waals surface area contributed by atoms with Gasteiger partial charge in [-0.2, -0.15) is 0 Å². The molecule has 26 heavy (non-hydrogen) atoms. The second-order valence-corrected chi connectivity index (χ2v) is 7.66. The van der Waals surface area contributed by atoms with Gasteiger partial charge in [-0.1, -0.05) is 6.07 Å². The Hall–Kier alpha value is -2.52. The molecular formula is C17H19FN4O3S. The van der Waals surface area contributed by atoms with E-state index in [1.54, 1.807) is 0 Å². The van der Waals surface area contributed by atoms with E-state index < -0.39 is 21.7 Å². The van der Waals surface area contributed by atoms with Crippen LogP contribution in [0.3, 0.4) is 0 Å². The number of nitrogens with zero attached hydrogens (tertiary/aromatic N) is 2. The van der Waals surface area contributed by atoms with Crippen molar-refractivity contribution in [3.05, 3.63) is 47.9 Å². The highest BCUT2D eigenvalue weighted by atomic mass is 32.2. The summed E-state index contributed by atoms with van der Waals surface area (Å²) in [6.45, 7) is 1.50. The molecule has 1 fully saturated rings. The fraction of sp³-hybridized carbons (Fsp3) is 0.294. The molecule has 0 spiro atoms. The average molecular weight is 378 g/mol. The number of hydrogen-bond donors (Lipinski definition) is 2. The van der Waals surface area contributed by atoms with Crippen molar-refractivity contribution in [2.75, 3.05) is 23.3 Å². The highest BCUT2D eigenvalue weighted by molar-refractivity contribution is 7.89. The molecule has 0 bridgehead atoms. The first-order valence-electron chi connectivity index (χ1n) is 8.19. The number of nitrogens with two attached hydrogens (primary N) is 1. The number of benzene rings is 1. The zero-order valence-corrected chi connectivity index (χ0v) is 14.8. The van der Waals surface area contributed by atoms with Crippen molar-refractivity contribution in [3.63, 3.8) is 0 Å². The number of rotatable bonds is 4. The van der Waals surface area contributed by atoms with E-state index in [2.05, 4.69) is 10.3 Å². The number of amides is 1. The molecule has 0 saturated carbocycles. The van der Waals surface area contributed by atoms with Crippen LogP contribution in [0, 0.1) is 5.82 Å². The Kier molecular flexibility index (Phi) is 5.19. The summed E-state index contributed by atoms with van der Waals surface area (Å²) in [5.74, 6) is -0.760. The molecule has 2 aromatic rings. The normalized spacial score (nSPS) is 14.9. The second kappa shape index (κ2) is 7.38. The van der Waals surface area contributed by atoms with Crippen LogP contribution in [-0.4, -0.2) is 32.4 Å². The Labute approximate surface area is 151 Å². The number of piperidine rings is 1. The third-order valence-corrected chi connectivity index (χ3v) is 5.06. The predicted octanol–water partition coefficient (Wildman–Crippen LogP) is 2.11. The lowest BCUT2D eigenvalue weighted by molar-refractivity contribution is 0.102. The minimum atomic E-state index is -3.89. The van der Waals surface area contributed by atoms with Gasteiger partial charge >= 0.3 is 0 Å².